The molecule has 4 heterocycles. The average Bonchev–Trinajstić information content (AvgIpc) is 3.59. The third-order valence-electron chi connectivity index (χ3n) is 6.85. The third-order valence-corrected chi connectivity index (χ3v) is 6.85. The molecule has 4 aromatic heterocycles. The van der Waals surface area contributed by atoms with Gasteiger partial charge in [-0.25, -0.2) is 19.9 Å². The third kappa shape index (κ3) is 7.62. The van der Waals surface area contributed by atoms with E-state index in [0.29, 0.717) is 33.0 Å². The van der Waals surface area contributed by atoms with Gasteiger partial charge in [-0.15, -0.1) is 0 Å². The van der Waals surface area contributed by atoms with E-state index in [-0.39, 0.29) is 36.1 Å². The van der Waals surface area contributed by atoms with Crippen LogP contribution in [0.4, 0.5) is 11.6 Å². The van der Waals surface area contributed by atoms with Gasteiger partial charge in [0, 0.05) is 21.4 Å². The fourth-order valence-corrected chi connectivity index (χ4v) is 5.17. The number of ether oxygens (including phenoxy) is 2. The Kier molecular flexibility index (Phi) is 6.57. The molecule has 6 rings (SSSR count). The van der Waals surface area contributed by atoms with Crippen LogP contribution in [0.2, 0.25) is 0 Å². The molecule has 0 spiro atoms. The first-order valence-electron chi connectivity index (χ1n) is 19.8. The van der Waals surface area contributed by atoms with Gasteiger partial charge < -0.3 is 40.3 Å². The van der Waals surface area contributed by atoms with E-state index in [4.69, 9.17) is 34.6 Å². The molecular weight excluding hydrogens is 596 g/mol. The molecule has 0 radical (unpaired) electrons. The maximum absolute atomic E-state index is 10.4. The van der Waals surface area contributed by atoms with E-state index in [0.717, 1.165) is 5.39 Å². The van der Waals surface area contributed by atoms with Gasteiger partial charge >= 0.3 is 0 Å². The number of nitrogen functional groups attached to an aromatic ring is 2. The first kappa shape index (κ1) is 23.0. The van der Waals surface area contributed by atoms with Gasteiger partial charge in [0.25, 0.3) is 0 Å². The summed E-state index contributed by atoms with van der Waals surface area (Å²) in [6, 6.07) is 14.3. The molecule has 0 amide bonds. The molecule has 6 aromatic rings. The number of pyridine rings is 2. The van der Waals surface area contributed by atoms with Crippen LogP contribution in [0.1, 0.15) is 73.8 Å². The molecule has 12 nitrogen and oxygen atoms in total. The molecule has 0 saturated heterocycles. The van der Waals surface area contributed by atoms with E-state index in [1.165, 1.54) is 32.3 Å². The first-order chi connectivity index (χ1) is 25.8. The summed E-state index contributed by atoms with van der Waals surface area (Å²) in [6.07, 6.45) is -1.48. The molecule has 2 aromatic carbocycles. The van der Waals surface area contributed by atoms with Crippen LogP contribution in [0.25, 0.3) is 43.9 Å². The van der Waals surface area contributed by atoms with Crippen LogP contribution in [0.3, 0.4) is 0 Å². The monoisotopic (exact) mass is 652 g/mol. The van der Waals surface area contributed by atoms with Crippen LogP contribution in [0, 0.1) is 0 Å². The van der Waals surface area contributed by atoms with Crippen molar-refractivity contribution in [2.45, 2.75) is 91.9 Å². The molecule has 12 heteroatoms. The summed E-state index contributed by atoms with van der Waals surface area (Å²) in [4.78, 5) is 17.2. The zero-order valence-electron chi connectivity index (χ0n) is 37.1. The zero-order valence-corrected chi connectivity index (χ0v) is 27.1. The standard InChI is InChI=1S/C18H24N4O2.C17H22N4O2/c1-11(2)24-9-14-21-15-16(22(14)10-18(3,4)23)12-7-5-6-8-13(12)20-17(15)19;1-4-23-9-13-20-14-15(21(13)10-17(2,3)22)11-7-5-6-8-12(11)19-16(14)18/h5-8,11,23H,9-10H2,1-4H3,(H2,19,20);5-8,22H,4,9-10H2,1-3H3,(H2,18,19)/i9D2,11D;1D3,4D2,9D2. The quantitative estimate of drug-likeness (QED) is 0.151. The summed E-state index contributed by atoms with van der Waals surface area (Å²) < 4.78 is 91.5. The molecule has 0 aliphatic rings. The summed E-state index contributed by atoms with van der Waals surface area (Å²) in [5.74, 6) is -0.322. The van der Waals surface area contributed by atoms with Gasteiger partial charge in [0.1, 0.15) is 35.8 Å². The fourth-order valence-electron chi connectivity index (χ4n) is 5.17. The van der Waals surface area contributed by atoms with Crippen LogP contribution >= 0.6 is 0 Å². The maximum Gasteiger partial charge on any atom is 0.152 e. The van der Waals surface area contributed by atoms with E-state index in [1.54, 1.807) is 42.7 Å². The number of aliphatic hydroxyl groups is 2. The molecule has 47 heavy (non-hydrogen) atoms. The van der Waals surface area contributed by atoms with Crippen molar-refractivity contribution >= 4 is 55.5 Å². The smallest absolute Gasteiger partial charge is 0.152 e. The second-order valence-corrected chi connectivity index (χ2v) is 12.5. The van der Waals surface area contributed by atoms with E-state index in [9.17, 15) is 10.2 Å². The maximum atomic E-state index is 10.4. The summed E-state index contributed by atoms with van der Waals surface area (Å²) in [6.45, 7) is -2.79. The summed E-state index contributed by atoms with van der Waals surface area (Å²) in [5.41, 5.74) is 12.2. The number of hydrogen-bond acceptors (Lipinski definition) is 10. The lowest BCUT2D eigenvalue weighted by Crippen LogP contribution is -2.27. The van der Waals surface area contributed by atoms with Gasteiger partial charge in [-0.3, -0.25) is 0 Å². The SMILES string of the molecule is [2H]C(C)(C)OC([2H])([2H])c1nc2c(N)nc3ccccc3c2n1CC(C)(C)O.[2H]C([2H])(OC([2H])([2H])C([2H])([2H])[2H])c1nc2c(N)nc3ccccc3c2n1CC(C)(C)O. The predicted octanol–water partition coefficient (Wildman–Crippen LogP) is 5.34. The van der Waals surface area contributed by atoms with Crippen molar-refractivity contribution in [2.24, 2.45) is 0 Å². The average molecular weight is 653 g/mol. The number of benzene rings is 2. The number of hydrogen-bond donors (Lipinski definition) is 4. The number of nitrogens with zero attached hydrogens (tertiary/aromatic N) is 6. The molecule has 0 aliphatic carbocycles. The topological polar surface area (TPSA) is 172 Å². The summed E-state index contributed by atoms with van der Waals surface area (Å²) in [5, 5.41) is 22.2. The molecular formula is C35H46N8O4. The second-order valence-electron chi connectivity index (χ2n) is 12.5. The van der Waals surface area contributed by atoms with Crippen LogP contribution < -0.4 is 11.5 Å². The number of imidazole rings is 2. The van der Waals surface area contributed by atoms with E-state index >= 15 is 0 Å². The number of fused-ring (bicyclic) bond motifs is 6. The normalized spacial score (nSPS) is 17.0. The molecule has 0 bridgehead atoms. The number of nitrogens with two attached hydrogens (primary N) is 2. The van der Waals surface area contributed by atoms with E-state index < -0.39 is 49.6 Å². The lowest BCUT2D eigenvalue weighted by molar-refractivity contribution is 0.0460. The first-order valence-corrected chi connectivity index (χ1v) is 14.8. The Bertz CT molecular complexity index is 2450. The molecule has 6 N–H and O–H groups in total. The second kappa shape index (κ2) is 13.4. The van der Waals surface area contributed by atoms with Crippen molar-refractivity contribution in [1.82, 2.24) is 29.1 Å². The minimum Gasteiger partial charge on any atom is -0.389 e. The Morgan fingerprint density at radius 2 is 1.23 bits per heavy atom. The highest BCUT2D eigenvalue weighted by Crippen LogP contribution is 2.31. The highest BCUT2D eigenvalue weighted by Gasteiger charge is 2.24. The van der Waals surface area contributed by atoms with E-state index in [1.807, 2.05) is 24.3 Å². The van der Waals surface area contributed by atoms with Crippen molar-refractivity contribution < 1.29 is 33.4 Å². The van der Waals surface area contributed by atoms with Crippen LogP contribution in [0.15, 0.2) is 48.5 Å². The predicted molar refractivity (Wildman–Crippen MR) is 187 cm³/mol. The van der Waals surface area contributed by atoms with Crippen molar-refractivity contribution in [3.05, 3.63) is 60.2 Å². The summed E-state index contributed by atoms with van der Waals surface area (Å²) >= 11 is 0. The number of aromatic nitrogens is 6. The van der Waals surface area contributed by atoms with Crippen molar-refractivity contribution in [3.63, 3.8) is 0 Å². The lowest BCUT2D eigenvalue weighted by Gasteiger charge is -2.21. The van der Waals surface area contributed by atoms with Crippen molar-refractivity contribution in [3.8, 4) is 0 Å². The molecule has 250 valence electrons. The van der Waals surface area contributed by atoms with Gasteiger partial charge in [-0.05, 0) is 60.5 Å². The van der Waals surface area contributed by atoms with E-state index in [2.05, 4.69) is 19.9 Å². The Labute approximate surface area is 288 Å². The lowest BCUT2D eigenvalue weighted by atomic mass is 10.1. The molecule has 0 atom stereocenters. The molecule has 0 saturated carbocycles. The molecule has 0 fully saturated rings. The highest BCUT2D eigenvalue weighted by molar-refractivity contribution is 6.07. The Balaban J connectivity index is 0.000000219. The fraction of sp³-hybridized carbons (Fsp3) is 0.429. The van der Waals surface area contributed by atoms with Gasteiger partial charge in [0.2, 0.25) is 0 Å². The van der Waals surface area contributed by atoms with Crippen LogP contribution in [-0.4, -0.2) is 63.1 Å². The van der Waals surface area contributed by atoms with Crippen LogP contribution in [-0.2, 0) is 35.7 Å². The van der Waals surface area contributed by atoms with Gasteiger partial charge in [0.15, 0.2) is 11.6 Å². The summed E-state index contributed by atoms with van der Waals surface area (Å²) in [7, 11) is 0. The number of anilines is 2. The Hall–Kier alpha value is -4.36. The Morgan fingerprint density at radius 1 is 0.787 bits per heavy atom. The largest absolute Gasteiger partial charge is 0.389 e. The zero-order chi connectivity index (χ0) is 42.9. The number of rotatable bonds is 10. The molecule has 0 aliphatic heterocycles. The van der Waals surface area contributed by atoms with Crippen molar-refractivity contribution in [1.29, 1.82) is 0 Å². The minimum atomic E-state index is -3.29. The van der Waals surface area contributed by atoms with Crippen molar-refractivity contribution in [2.75, 3.05) is 18.0 Å². The highest BCUT2D eigenvalue weighted by atomic mass is 16.5. The molecule has 0 unspecified atom stereocenters. The van der Waals surface area contributed by atoms with Gasteiger partial charge in [-0.2, -0.15) is 0 Å². The minimum absolute atomic E-state index is 0.00841. The van der Waals surface area contributed by atoms with Crippen LogP contribution in [0.5, 0.6) is 0 Å². The Morgan fingerprint density at radius 3 is 1.66 bits per heavy atom. The van der Waals surface area contributed by atoms with Gasteiger partial charge in [-0.1, -0.05) is 36.4 Å². The number of para-hydroxylation sites is 2. The van der Waals surface area contributed by atoms with Gasteiger partial charge in [0.05, 0.1) is 62.0 Å².